The maximum atomic E-state index is 13.6. The third-order valence-electron chi connectivity index (χ3n) is 5.92. The predicted molar refractivity (Wildman–Crippen MR) is 115 cm³/mol. The second-order valence-corrected chi connectivity index (χ2v) is 9.85. The number of aromatic amines is 1. The van der Waals surface area contributed by atoms with Gasteiger partial charge in [-0.3, -0.25) is 4.90 Å². The van der Waals surface area contributed by atoms with Crippen molar-refractivity contribution in [3.05, 3.63) is 47.3 Å². The summed E-state index contributed by atoms with van der Waals surface area (Å²) in [7, 11) is 0. The summed E-state index contributed by atoms with van der Waals surface area (Å²) in [5.41, 5.74) is 0.414. The van der Waals surface area contributed by atoms with E-state index >= 15 is 0 Å². The normalized spacial score (nSPS) is 23.6. The highest BCUT2D eigenvalue weighted by molar-refractivity contribution is 5.68. The second-order valence-electron chi connectivity index (χ2n) is 9.85. The lowest BCUT2D eigenvalue weighted by Gasteiger charge is -2.46. The molecule has 2 fully saturated rings. The Balaban J connectivity index is 1.60. The Labute approximate surface area is 183 Å². The first kappa shape index (κ1) is 21.7. The number of ether oxygens (including phenoxy) is 1. The van der Waals surface area contributed by atoms with Crippen LogP contribution in [0, 0.1) is 5.82 Å². The second kappa shape index (κ2) is 8.22. The van der Waals surface area contributed by atoms with Crippen LogP contribution in [0.25, 0.3) is 0 Å². The van der Waals surface area contributed by atoms with Crippen LogP contribution in [0.4, 0.5) is 9.18 Å². The maximum absolute atomic E-state index is 13.6. The Hall–Kier alpha value is -2.48. The van der Waals surface area contributed by atoms with E-state index < -0.39 is 5.60 Å². The molecule has 2 heterocycles. The molecule has 2 aliphatic rings. The highest BCUT2D eigenvalue weighted by Gasteiger charge is 2.40. The lowest BCUT2D eigenvalue weighted by molar-refractivity contribution is -0.0170. The molecule has 2 aromatic rings. The number of carbonyl (C=O) groups excluding carboxylic acids is 1. The quantitative estimate of drug-likeness (QED) is 0.787. The van der Waals surface area contributed by atoms with Gasteiger partial charge in [0.05, 0.1) is 6.04 Å². The van der Waals surface area contributed by atoms with Crippen LogP contribution < -0.4 is 0 Å². The van der Waals surface area contributed by atoms with Gasteiger partial charge >= 0.3 is 6.09 Å². The minimum absolute atomic E-state index is 0.0418. The average molecular weight is 430 g/mol. The number of nitrogens with zero attached hydrogens (tertiary/aromatic N) is 4. The minimum Gasteiger partial charge on any atom is -0.444 e. The molecule has 1 saturated heterocycles. The Kier molecular flexibility index (Phi) is 5.77. The standard InChI is InChI=1S/C23H32FN5O2/c1-14-13-29(22(30)31-23(3,4)5)15(2)12-28(14)19(16-8-10-18(24)11-9-16)21-25-20(26-27-21)17-6-7-17/h8-11,14-15,17,19H,6-7,12-13H2,1-5H3,(H,25,26,27)/t14-,15+,19?/m1/s1. The molecule has 0 bridgehead atoms. The molecular formula is C23H32FN5O2. The molecule has 3 atom stereocenters. The number of hydrogen-bond acceptors (Lipinski definition) is 5. The first-order chi connectivity index (χ1) is 14.6. The van der Waals surface area contributed by atoms with Crippen LogP contribution in [-0.4, -0.2) is 61.8 Å². The highest BCUT2D eigenvalue weighted by atomic mass is 19.1. The lowest BCUT2D eigenvalue weighted by Crippen LogP contribution is -2.59. The lowest BCUT2D eigenvalue weighted by atomic mass is 9.99. The van der Waals surface area contributed by atoms with Crippen molar-refractivity contribution in [2.75, 3.05) is 13.1 Å². The van der Waals surface area contributed by atoms with Gasteiger partial charge in [-0.1, -0.05) is 12.1 Å². The fourth-order valence-corrected chi connectivity index (χ4v) is 4.19. The van der Waals surface area contributed by atoms with Crippen molar-refractivity contribution in [1.82, 2.24) is 25.0 Å². The number of benzene rings is 1. The van der Waals surface area contributed by atoms with Crippen LogP contribution in [0.5, 0.6) is 0 Å². The van der Waals surface area contributed by atoms with Crippen molar-refractivity contribution >= 4 is 6.09 Å². The van der Waals surface area contributed by atoms with E-state index in [1.807, 2.05) is 27.7 Å². The van der Waals surface area contributed by atoms with Crippen molar-refractivity contribution in [2.45, 2.75) is 77.1 Å². The molecule has 1 aromatic carbocycles. The summed E-state index contributed by atoms with van der Waals surface area (Å²) in [5.74, 6) is 1.89. The van der Waals surface area contributed by atoms with Crippen molar-refractivity contribution in [2.24, 2.45) is 0 Å². The predicted octanol–water partition coefficient (Wildman–Crippen LogP) is 4.24. The van der Waals surface area contributed by atoms with Gasteiger partial charge in [-0.05, 0) is 65.2 Å². The van der Waals surface area contributed by atoms with Crippen molar-refractivity contribution < 1.29 is 13.9 Å². The van der Waals surface area contributed by atoms with E-state index in [4.69, 9.17) is 4.74 Å². The largest absolute Gasteiger partial charge is 0.444 e. The summed E-state index contributed by atoms with van der Waals surface area (Å²) >= 11 is 0. The Morgan fingerprint density at radius 3 is 2.42 bits per heavy atom. The summed E-state index contributed by atoms with van der Waals surface area (Å²) in [6.45, 7) is 10.9. The summed E-state index contributed by atoms with van der Waals surface area (Å²) in [6, 6.07) is 6.37. The Morgan fingerprint density at radius 1 is 1.13 bits per heavy atom. The molecule has 1 saturated carbocycles. The number of rotatable bonds is 4. The third kappa shape index (κ3) is 4.89. The number of carbonyl (C=O) groups is 1. The number of H-pyrrole nitrogens is 1. The molecule has 1 amide bonds. The molecule has 4 rings (SSSR count). The van der Waals surface area contributed by atoms with Gasteiger partial charge in [0.15, 0.2) is 5.82 Å². The molecule has 1 aliphatic heterocycles. The number of piperazine rings is 1. The van der Waals surface area contributed by atoms with Gasteiger partial charge in [-0.25, -0.2) is 9.18 Å². The van der Waals surface area contributed by atoms with Gasteiger partial charge in [0.25, 0.3) is 0 Å². The fourth-order valence-electron chi connectivity index (χ4n) is 4.19. The van der Waals surface area contributed by atoms with Crippen molar-refractivity contribution in [3.8, 4) is 0 Å². The summed E-state index contributed by atoms with van der Waals surface area (Å²) < 4.78 is 19.2. The van der Waals surface area contributed by atoms with Gasteiger partial charge in [-0.15, -0.1) is 10.2 Å². The van der Waals surface area contributed by atoms with E-state index in [1.54, 1.807) is 17.0 Å². The van der Waals surface area contributed by atoms with E-state index in [0.29, 0.717) is 19.0 Å². The van der Waals surface area contributed by atoms with E-state index in [9.17, 15) is 9.18 Å². The van der Waals surface area contributed by atoms with Gasteiger partial charge < -0.3 is 14.6 Å². The molecule has 1 N–H and O–H groups in total. The van der Waals surface area contributed by atoms with Gasteiger partial charge in [-0.2, -0.15) is 0 Å². The van der Waals surface area contributed by atoms with Gasteiger partial charge in [0.2, 0.25) is 0 Å². The summed E-state index contributed by atoms with van der Waals surface area (Å²) in [5, 5.41) is 8.84. The van der Waals surface area contributed by atoms with Crippen LogP contribution in [0.1, 0.15) is 76.6 Å². The Bertz CT molecular complexity index is 919. The van der Waals surface area contributed by atoms with Gasteiger partial charge in [0.1, 0.15) is 17.2 Å². The van der Waals surface area contributed by atoms with E-state index in [0.717, 1.165) is 30.1 Å². The zero-order valence-corrected chi connectivity index (χ0v) is 18.9. The number of nitrogens with one attached hydrogen (secondary N) is 1. The maximum Gasteiger partial charge on any atom is 0.410 e. The average Bonchev–Trinajstić information content (AvgIpc) is 3.43. The molecule has 8 heteroatoms. The molecule has 0 spiro atoms. The van der Waals surface area contributed by atoms with Crippen LogP contribution in [0.15, 0.2) is 24.3 Å². The zero-order valence-electron chi connectivity index (χ0n) is 18.9. The molecule has 1 unspecified atom stereocenters. The Morgan fingerprint density at radius 2 is 1.81 bits per heavy atom. The summed E-state index contributed by atoms with van der Waals surface area (Å²) in [4.78, 5) is 20.3. The van der Waals surface area contributed by atoms with E-state index in [2.05, 4.69) is 27.0 Å². The van der Waals surface area contributed by atoms with Crippen molar-refractivity contribution in [1.29, 1.82) is 0 Å². The van der Waals surface area contributed by atoms with Gasteiger partial charge in [0, 0.05) is 31.1 Å². The molecular weight excluding hydrogens is 397 g/mol. The molecule has 7 nitrogen and oxygen atoms in total. The van der Waals surface area contributed by atoms with Crippen LogP contribution >= 0.6 is 0 Å². The number of halogens is 1. The SMILES string of the molecule is C[C@@H]1CN(C(=O)OC(C)(C)C)[C@@H](C)CN1C(c1ccc(F)cc1)c1nnc(C2CC2)[nH]1. The van der Waals surface area contributed by atoms with Crippen LogP contribution in [0.2, 0.25) is 0 Å². The molecule has 0 radical (unpaired) electrons. The molecule has 168 valence electrons. The highest BCUT2D eigenvalue weighted by Crippen LogP contribution is 2.39. The first-order valence-corrected chi connectivity index (χ1v) is 11.1. The number of amides is 1. The monoisotopic (exact) mass is 429 g/mol. The molecule has 31 heavy (non-hydrogen) atoms. The van der Waals surface area contributed by atoms with Crippen LogP contribution in [-0.2, 0) is 4.74 Å². The smallest absolute Gasteiger partial charge is 0.410 e. The topological polar surface area (TPSA) is 74.3 Å². The van der Waals surface area contributed by atoms with Crippen LogP contribution in [0.3, 0.4) is 0 Å². The van der Waals surface area contributed by atoms with E-state index in [-0.39, 0.29) is 30.0 Å². The fraction of sp³-hybridized carbons (Fsp3) is 0.609. The summed E-state index contributed by atoms with van der Waals surface area (Å²) in [6.07, 6.45) is 1.98. The molecule has 1 aromatic heterocycles. The molecule has 1 aliphatic carbocycles. The van der Waals surface area contributed by atoms with Crippen molar-refractivity contribution in [3.63, 3.8) is 0 Å². The zero-order chi connectivity index (χ0) is 22.3. The number of hydrogen-bond donors (Lipinski definition) is 1. The minimum atomic E-state index is -0.535. The number of aromatic nitrogens is 3. The van der Waals surface area contributed by atoms with E-state index in [1.165, 1.54) is 12.1 Å². The third-order valence-corrected chi connectivity index (χ3v) is 5.92. The first-order valence-electron chi connectivity index (χ1n) is 11.1.